The predicted octanol–water partition coefficient (Wildman–Crippen LogP) is 2.62. The van der Waals surface area contributed by atoms with E-state index in [2.05, 4.69) is 15.9 Å². The monoisotopic (exact) mass is 297 g/mol. The van der Waals surface area contributed by atoms with Crippen molar-refractivity contribution in [2.45, 2.75) is 19.3 Å². The van der Waals surface area contributed by atoms with Gasteiger partial charge in [0.05, 0.1) is 18.0 Å². The van der Waals surface area contributed by atoms with Gasteiger partial charge in [0.1, 0.15) is 5.75 Å². The van der Waals surface area contributed by atoms with E-state index >= 15 is 0 Å². The number of amides is 1. The zero-order valence-electron chi connectivity index (χ0n) is 9.91. The van der Waals surface area contributed by atoms with Crippen molar-refractivity contribution in [3.05, 3.63) is 28.2 Å². The number of carbonyl (C=O) groups excluding carboxylic acids is 1. The van der Waals surface area contributed by atoms with Gasteiger partial charge in [-0.25, -0.2) is 0 Å². The molecule has 1 aromatic rings. The van der Waals surface area contributed by atoms with Gasteiger partial charge in [-0.15, -0.1) is 0 Å². The SMILES string of the molecule is COc1ccc(CC(=O)N2CCCC2)cc1Br. The maximum atomic E-state index is 12.0. The van der Waals surface area contributed by atoms with Gasteiger partial charge < -0.3 is 9.64 Å². The van der Waals surface area contributed by atoms with E-state index in [1.807, 2.05) is 23.1 Å². The zero-order valence-corrected chi connectivity index (χ0v) is 11.5. The first-order valence-corrected chi connectivity index (χ1v) is 6.60. The first kappa shape index (κ1) is 12.4. The number of nitrogens with zero attached hydrogens (tertiary/aromatic N) is 1. The molecule has 0 spiro atoms. The smallest absolute Gasteiger partial charge is 0.226 e. The van der Waals surface area contributed by atoms with Crippen LogP contribution in [-0.4, -0.2) is 31.0 Å². The molecule has 3 nitrogen and oxygen atoms in total. The van der Waals surface area contributed by atoms with E-state index in [-0.39, 0.29) is 5.91 Å². The Hall–Kier alpha value is -1.03. The molecule has 1 aliphatic heterocycles. The highest BCUT2D eigenvalue weighted by Crippen LogP contribution is 2.26. The van der Waals surface area contributed by atoms with E-state index in [4.69, 9.17) is 4.74 Å². The molecule has 0 N–H and O–H groups in total. The fourth-order valence-electron chi connectivity index (χ4n) is 2.07. The van der Waals surface area contributed by atoms with Crippen LogP contribution in [0, 0.1) is 0 Å². The molecule has 1 heterocycles. The zero-order chi connectivity index (χ0) is 12.3. The van der Waals surface area contributed by atoms with Gasteiger partial charge in [0, 0.05) is 13.1 Å². The largest absolute Gasteiger partial charge is 0.496 e. The highest BCUT2D eigenvalue weighted by molar-refractivity contribution is 9.10. The Kier molecular flexibility index (Phi) is 4.05. The predicted molar refractivity (Wildman–Crippen MR) is 70.2 cm³/mol. The standard InChI is InChI=1S/C13H16BrNO2/c1-17-12-5-4-10(8-11(12)14)9-13(16)15-6-2-3-7-15/h4-5,8H,2-3,6-7,9H2,1H3. The van der Waals surface area contributed by atoms with Crippen LogP contribution in [0.2, 0.25) is 0 Å². The summed E-state index contributed by atoms with van der Waals surface area (Å²) in [5, 5.41) is 0. The Morgan fingerprint density at radius 2 is 2.12 bits per heavy atom. The summed E-state index contributed by atoms with van der Waals surface area (Å²) in [5.74, 6) is 1.02. The van der Waals surface area contributed by atoms with Gasteiger partial charge in [-0.3, -0.25) is 4.79 Å². The lowest BCUT2D eigenvalue weighted by atomic mass is 10.1. The molecule has 0 aliphatic carbocycles. The lowest BCUT2D eigenvalue weighted by molar-refractivity contribution is -0.129. The van der Waals surface area contributed by atoms with Crippen LogP contribution in [0.25, 0.3) is 0 Å². The summed E-state index contributed by atoms with van der Waals surface area (Å²) in [6.07, 6.45) is 2.75. The molecule has 17 heavy (non-hydrogen) atoms. The van der Waals surface area contributed by atoms with Crippen LogP contribution in [0.3, 0.4) is 0 Å². The van der Waals surface area contributed by atoms with Gasteiger partial charge in [0.2, 0.25) is 5.91 Å². The molecule has 0 bridgehead atoms. The maximum Gasteiger partial charge on any atom is 0.226 e. The summed E-state index contributed by atoms with van der Waals surface area (Å²) in [4.78, 5) is 13.9. The summed E-state index contributed by atoms with van der Waals surface area (Å²) in [6.45, 7) is 1.83. The molecule has 0 unspecified atom stereocenters. The van der Waals surface area contributed by atoms with Gasteiger partial charge in [0.25, 0.3) is 0 Å². The van der Waals surface area contributed by atoms with Crippen LogP contribution >= 0.6 is 15.9 Å². The van der Waals surface area contributed by atoms with Crippen molar-refractivity contribution in [1.82, 2.24) is 4.90 Å². The molecule has 0 atom stereocenters. The van der Waals surface area contributed by atoms with Crippen molar-refractivity contribution in [2.75, 3.05) is 20.2 Å². The Bertz CT molecular complexity index is 414. The van der Waals surface area contributed by atoms with Crippen molar-refractivity contribution >= 4 is 21.8 Å². The summed E-state index contributed by atoms with van der Waals surface area (Å²) in [7, 11) is 1.63. The molecule has 0 radical (unpaired) electrons. The van der Waals surface area contributed by atoms with Crippen LogP contribution in [-0.2, 0) is 11.2 Å². The number of carbonyl (C=O) groups is 1. The van der Waals surface area contributed by atoms with E-state index in [0.29, 0.717) is 6.42 Å². The minimum absolute atomic E-state index is 0.222. The molecule has 0 aromatic heterocycles. The van der Waals surface area contributed by atoms with Crippen molar-refractivity contribution in [1.29, 1.82) is 0 Å². The summed E-state index contributed by atoms with van der Waals surface area (Å²) < 4.78 is 6.06. The van der Waals surface area contributed by atoms with E-state index in [1.54, 1.807) is 7.11 Å². The van der Waals surface area contributed by atoms with Crippen molar-refractivity contribution in [3.8, 4) is 5.75 Å². The van der Waals surface area contributed by atoms with Crippen molar-refractivity contribution in [3.63, 3.8) is 0 Å². The lowest BCUT2D eigenvalue weighted by Gasteiger charge is -2.15. The Balaban J connectivity index is 2.03. The second-order valence-corrected chi connectivity index (χ2v) is 5.09. The third-order valence-corrected chi connectivity index (χ3v) is 3.65. The Morgan fingerprint density at radius 1 is 1.41 bits per heavy atom. The molecule has 1 saturated heterocycles. The Labute approximate surface area is 110 Å². The van der Waals surface area contributed by atoms with Crippen molar-refractivity contribution < 1.29 is 9.53 Å². The number of rotatable bonds is 3. The number of likely N-dealkylation sites (tertiary alicyclic amines) is 1. The quantitative estimate of drug-likeness (QED) is 0.858. The topological polar surface area (TPSA) is 29.5 Å². The molecule has 4 heteroatoms. The number of benzene rings is 1. The Morgan fingerprint density at radius 3 is 2.71 bits per heavy atom. The fraction of sp³-hybridized carbons (Fsp3) is 0.462. The number of hydrogen-bond acceptors (Lipinski definition) is 2. The summed E-state index contributed by atoms with van der Waals surface area (Å²) >= 11 is 3.43. The molecule has 92 valence electrons. The highest BCUT2D eigenvalue weighted by Gasteiger charge is 2.18. The van der Waals surface area contributed by atoms with Gasteiger partial charge in [0.15, 0.2) is 0 Å². The highest BCUT2D eigenvalue weighted by atomic mass is 79.9. The second kappa shape index (κ2) is 5.54. The molecule has 1 aromatic carbocycles. The molecular formula is C13H16BrNO2. The molecular weight excluding hydrogens is 282 g/mol. The number of methoxy groups -OCH3 is 1. The van der Waals surface area contributed by atoms with Gasteiger partial charge >= 0.3 is 0 Å². The first-order chi connectivity index (χ1) is 8.20. The van der Waals surface area contributed by atoms with E-state index < -0.39 is 0 Å². The first-order valence-electron chi connectivity index (χ1n) is 5.81. The molecule has 2 rings (SSSR count). The van der Waals surface area contributed by atoms with E-state index in [0.717, 1.165) is 41.7 Å². The second-order valence-electron chi connectivity index (χ2n) is 4.23. The number of ether oxygens (including phenoxy) is 1. The summed E-state index contributed by atoms with van der Waals surface area (Å²) in [6, 6.07) is 5.78. The minimum Gasteiger partial charge on any atom is -0.496 e. The fourth-order valence-corrected chi connectivity index (χ4v) is 2.66. The summed E-state index contributed by atoms with van der Waals surface area (Å²) in [5.41, 5.74) is 1.02. The lowest BCUT2D eigenvalue weighted by Crippen LogP contribution is -2.29. The molecule has 1 fully saturated rings. The molecule has 0 saturated carbocycles. The van der Waals surface area contributed by atoms with Gasteiger partial charge in [-0.1, -0.05) is 6.07 Å². The molecule has 1 amide bonds. The average Bonchev–Trinajstić information content (AvgIpc) is 2.82. The average molecular weight is 298 g/mol. The van der Waals surface area contributed by atoms with E-state index in [1.165, 1.54) is 0 Å². The third kappa shape index (κ3) is 3.00. The van der Waals surface area contributed by atoms with E-state index in [9.17, 15) is 4.79 Å². The maximum absolute atomic E-state index is 12.0. The van der Waals surface area contributed by atoms with Crippen LogP contribution in [0.5, 0.6) is 5.75 Å². The van der Waals surface area contributed by atoms with Crippen LogP contribution in [0.1, 0.15) is 18.4 Å². The minimum atomic E-state index is 0.222. The number of halogens is 1. The molecule has 1 aliphatic rings. The third-order valence-electron chi connectivity index (χ3n) is 3.03. The van der Waals surface area contributed by atoms with Gasteiger partial charge in [-0.2, -0.15) is 0 Å². The normalized spacial score (nSPS) is 15.1. The van der Waals surface area contributed by atoms with Crippen LogP contribution in [0.4, 0.5) is 0 Å². The van der Waals surface area contributed by atoms with Gasteiger partial charge in [-0.05, 0) is 46.5 Å². The van der Waals surface area contributed by atoms with Crippen LogP contribution < -0.4 is 4.74 Å². The van der Waals surface area contributed by atoms with Crippen LogP contribution in [0.15, 0.2) is 22.7 Å². The number of hydrogen-bond donors (Lipinski definition) is 0. The van der Waals surface area contributed by atoms with Crippen molar-refractivity contribution in [2.24, 2.45) is 0 Å².